The second-order valence-corrected chi connectivity index (χ2v) is 7.61. The van der Waals surface area contributed by atoms with Gasteiger partial charge in [-0.15, -0.1) is 35.3 Å². The van der Waals surface area contributed by atoms with Gasteiger partial charge in [0.25, 0.3) is 0 Å². The fourth-order valence-corrected chi connectivity index (χ4v) is 2.97. The Bertz CT molecular complexity index is 722. The van der Waals surface area contributed by atoms with E-state index in [0.717, 1.165) is 16.3 Å². The quantitative estimate of drug-likeness (QED) is 0.392. The monoisotopic (exact) mass is 476 g/mol. The topological polar surface area (TPSA) is 49.3 Å². The summed E-state index contributed by atoms with van der Waals surface area (Å²) in [4.78, 5) is 8.84. The molecule has 2 rings (SSSR count). The number of aromatic nitrogens is 1. The van der Waals surface area contributed by atoms with Crippen molar-refractivity contribution >= 4 is 41.3 Å². The number of guanidine groups is 1. The first kappa shape index (κ1) is 21.8. The minimum Gasteiger partial charge on any atom is -0.352 e. The van der Waals surface area contributed by atoms with Crippen LogP contribution in [-0.2, 0) is 18.5 Å². The van der Waals surface area contributed by atoms with Crippen LogP contribution in [-0.4, -0.2) is 18.0 Å². The molecule has 0 amide bonds. The Morgan fingerprint density at radius 2 is 1.92 bits per heavy atom. The van der Waals surface area contributed by atoms with Crippen LogP contribution in [0.5, 0.6) is 0 Å². The molecule has 0 unspecified atom stereocenters. The van der Waals surface area contributed by atoms with Crippen molar-refractivity contribution in [1.29, 1.82) is 0 Å². The van der Waals surface area contributed by atoms with E-state index in [2.05, 4.69) is 46.8 Å². The summed E-state index contributed by atoms with van der Waals surface area (Å²) in [6.45, 7) is 9.35. The van der Waals surface area contributed by atoms with Gasteiger partial charge in [0.05, 0.1) is 17.2 Å². The Hall–Kier alpha value is -1.22. The lowest BCUT2D eigenvalue weighted by Gasteiger charge is -2.14. The smallest absolute Gasteiger partial charge is 0.191 e. The highest BCUT2D eigenvalue weighted by Gasteiger charge is 2.17. The van der Waals surface area contributed by atoms with E-state index in [-0.39, 0.29) is 35.2 Å². The molecule has 138 valence electrons. The molecule has 7 heteroatoms. The van der Waals surface area contributed by atoms with Crippen molar-refractivity contribution in [2.24, 2.45) is 4.99 Å². The van der Waals surface area contributed by atoms with Gasteiger partial charge < -0.3 is 10.6 Å². The summed E-state index contributed by atoms with van der Waals surface area (Å²) in [6.07, 6.45) is 0. The van der Waals surface area contributed by atoms with Crippen LogP contribution in [0.25, 0.3) is 0 Å². The molecular formula is C18H26FIN4S. The molecule has 2 aromatic rings. The minimum absolute atomic E-state index is 0. The number of thiazole rings is 1. The van der Waals surface area contributed by atoms with Crippen molar-refractivity contribution in [3.05, 3.63) is 51.2 Å². The first-order chi connectivity index (χ1) is 11.3. The second-order valence-electron chi connectivity index (χ2n) is 6.76. The molecule has 0 radical (unpaired) electrons. The number of nitrogens with zero attached hydrogens (tertiary/aromatic N) is 2. The van der Waals surface area contributed by atoms with E-state index < -0.39 is 0 Å². The number of nitrogens with one attached hydrogen (secondary N) is 2. The molecule has 0 saturated carbocycles. The van der Waals surface area contributed by atoms with E-state index in [0.29, 0.717) is 24.6 Å². The van der Waals surface area contributed by atoms with E-state index in [4.69, 9.17) is 0 Å². The lowest BCUT2D eigenvalue weighted by molar-refractivity contribution is 0.582. The van der Waals surface area contributed by atoms with Crippen LogP contribution in [0.1, 0.15) is 42.6 Å². The zero-order valence-electron chi connectivity index (χ0n) is 15.3. The van der Waals surface area contributed by atoms with Gasteiger partial charge in [0, 0.05) is 24.4 Å². The van der Waals surface area contributed by atoms with Gasteiger partial charge in [-0.3, -0.25) is 4.99 Å². The molecule has 25 heavy (non-hydrogen) atoms. The Morgan fingerprint density at radius 1 is 1.24 bits per heavy atom. The third-order valence-electron chi connectivity index (χ3n) is 3.55. The maximum atomic E-state index is 13.6. The predicted octanol–water partition coefficient (Wildman–Crippen LogP) is 4.37. The number of rotatable bonds is 4. The zero-order chi connectivity index (χ0) is 17.7. The Balaban J connectivity index is 0.00000312. The summed E-state index contributed by atoms with van der Waals surface area (Å²) in [6, 6.07) is 5.24. The van der Waals surface area contributed by atoms with E-state index in [1.807, 2.05) is 6.07 Å². The molecular weight excluding hydrogens is 450 g/mol. The Morgan fingerprint density at radius 3 is 2.48 bits per heavy atom. The van der Waals surface area contributed by atoms with Crippen molar-refractivity contribution in [3.63, 3.8) is 0 Å². The van der Waals surface area contributed by atoms with Gasteiger partial charge in [-0.2, -0.15) is 0 Å². The molecule has 1 heterocycles. The summed E-state index contributed by atoms with van der Waals surface area (Å²) in [7, 11) is 1.71. The maximum absolute atomic E-state index is 13.6. The van der Waals surface area contributed by atoms with Crippen LogP contribution in [0, 0.1) is 12.7 Å². The lowest BCUT2D eigenvalue weighted by Crippen LogP contribution is -2.36. The van der Waals surface area contributed by atoms with Crippen molar-refractivity contribution in [3.8, 4) is 0 Å². The number of aryl methyl sites for hydroxylation is 1. The van der Waals surface area contributed by atoms with Crippen LogP contribution in [0.4, 0.5) is 4.39 Å². The molecule has 0 saturated heterocycles. The molecule has 1 aromatic heterocycles. The molecule has 0 aliphatic carbocycles. The molecule has 1 aromatic carbocycles. The SMILES string of the molecule is CN=C(NCc1ccc(C)c(F)c1)NCc1csc(C(C)(C)C)n1.I. The van der Waals surface area contributed by atoms with Crippen LogP contribution < -0.4 is 10.6 Å². The van der Waals surface area contributed by atoms with E-state index in [9.17, 15) is 4.39 Å². The lowest BCUT2D eigenvalue weighted by atomic mass is 9.98. The average Bonchev–Trinajstić information content (AvgIpc) is 3.00. The van der Waals surface area contributed by atoms with Crippen molar-refractivity contribution in [2.45, 2.75) is 46.2 Å². The zero-order valence-corrected chi connectivity index (χ0v) is 18.5. The fourth-order valence-electron chi connectivity index (χ4n) is 2.06. The third-order valence-corrected chi connectivity index (χ3v) is 4.87. The van der Waals surface area contributed by atoms with E-state index >= 15 is 0 Å². The molecule has 2 N–H and O–H groups in total. The summed E-state index contributed by atoms with van der Waals surface area (Å²) in [5.74, 6) is 0.482. The normalized spacial score (nSPS) is 11.8. The number of benzene rings is 1. The standard InChI is InChI=1S/C18H25FN4S.HI/c1-12-6-7-13(8-15(12)19)9-21-17(20-5)22-10-14-11-24-16(23-14)18(2,3)4;/h6-8,11H,9-10H2,1-5H3,(H2,20,21,22);1H. The van der Waals surface area contributed by atoms with Gasteiger partial charge >= 0.3 is 0 Å². The summed E-state index contributed by atoms with van der Waals surface area (Å²) in [5.41, 5.74) is 2.59. The van der Waals surface area contributed by atoms with Gasteiger partial charge in [-0.05, 0) is 24.1 Å². The summed E-state index contributed by atoms with van der Waals surface area (Å²) < 4.78 is 13.6. The fraction of sp³-hybridized carbons (Fsp3) is 0.444. The number of hydrogen-bond acceptors (Lipinski definition) is 3. The first-order valence-electron chi connectivity index (χ1n) is 7.94. The molecule has 0 spiro atoms. The highest BCUT2D eigenvalue weighted by Crippen LogP contribution is 2.25. The highest BCUT2D eigenvalue weighted by atomic mass is 127. The molecule has 4 nitrogen and oxygen atoms in total. The average molecular weight is 476 g/mol. The Kier molecular flexibility index (Phi) is 8.27. The third kappa shape index (κ3) is 6.54. The summed E-state index contributed by atoms with van der Waals surface area (Å²) in [5, 5.41) is 9.61. The van der Waals surface area contributed by atoms with Gasteiger partial charge in [0.15, 0.2) is 5.96 Å². The van der Waals surface area contributed by atoms with Crippen LogP contribution in [0.2, 0.25) is 0 Å². The van der Waals surface area contributed by atoms with Crippen LogP contribution in [0.3, 0.4) is 0 Å². The van der Waals surface area contributed by atoms with Crippen molar-refractivity contribution < 1.29 is 4.39 Å². The minimum atomic E-state index is -0.186. The van der Waals surface area contributed by atoms with Crippen molar-refractivity contribution in [1.82, 2.24) is 15.6 Å². The molecule has 0 bridgehead atoms. The number of halogens is 2. The molecule has 0 atom stereocenters. The first-order valence-corrected chi connectivity index (χ1v) is 8.82. The van der Waals surface area contributed by atoms with Gasteiger partial charge in [-0.25, -0.2) is 9.37 Å². The maximum Gasteiger partial charge on any atom is 0.191 e. The van der Waals surface area contributed by atoms with Gasteiger partial charge in [-0.1, -0.05) is 32.9 Å². The van der Waals surface area contributed by atoms with Crippen LogP contribution >= 0.6 is 35.3 Å². The Labute approximate surface area is 170 Å². The van der Waals surface area contributed by atoms with Gasteiger partial charge in [0.2, 0.25) is 0 Å². The molecule has 0 aliphatic heterocycles. The molecule has 0 fully saturated rings. The second kappa shape index (κ2) is 9.47. The van der Waals surface area contributed by atoms with E-state index in [1.54, 1.807) is 37.4 Å². The summed E-state index contributed by atoms with van der Waals surface area (Å²) >= 11 is 1.68. The van der Waals surface area contributed by atoms with Gasteiger partial charge in [0.1, 0.15) is 5.82 Å². The van der Waals surface area contributed by atoms with Crippen LogP contribution in [0.15, 0.2) is 28.6 Å². The number of hydrogen-bond donors (Lipinski definition) is 2. The largest absolute Gasteiger partial charge is 0.352 e. The predicted molar refractivity (Wildman–Crippen MR) is 114 cm³/mol. The van der Waals surface area contributed by atoms with E-state index in [1.165, 1.54) is 0 Å². The molecule has 0 aliphatic rings. The highest BCUT2D eigenvalue weighted by molar-refractivity contribution is 14.0. The van der Waals surface area contributed by atoms with Crippen molar-refractivity contribution in [2.75, 3.05) is 7.05 Å². The number of aliphatic imine (C=N–C) groups is 1.